The van der Waals surface area contributed by atoms with Crippen LogP contribution in [0.5, 0.6) is 5.75 Å². The lowest BCUT2D eigenvalue weighted by Gasteiger charge is -2.13. The normalized spacial score (nSPS) is 11.1. The summed E-state index contributed by atoms with van der Waals surface area (Å²) in [6, 6.07) is 8.67. The highest BCUT2D eigenvalue weighted by atomic mass is 19.4. The summed E-state index contributed by atoms with van der Waals surface area (Å²) in [5.74, 6) is -0.381. The van der Waals surface area contributed by atoms with Crippen LogP contribution in [-0.2, 0) is 6.54 Å². The molecule has 3 rings (SSSR count). The van der Waals surface area contributed by atoms with Gasteiger partial charge >= 0.3 is 12.5 Å². The van der Waals surface area contributed by atoms with E-state index in [4.69, 9.17) is 5.11 Å². The minimum Gasteiger partial charge on any atom is -0.465 e. The van der Waals surface area contributed by atoms with E-state index in [0.717, 1.165) is 12.1 Å². The number of nitriles is 1. The van der Waals surface area contributed by atoms with Gasteiger partial charge in [0, 0.05) is 24.5 Å². The number of hydrogen-bond donors (Lipinski definition) is 2. The maximum Gasteiger partial charge on any atom is 0.573 e. The number of benzene rings is 2. The van der Waals surface area contributed by atoms with Crippen LogP contribution in [0, 0.1) is 11.3 Å². The third-order valence-corrected chi connectivity index (χ3v) is 3.77. The van der Waals surface area contributed by atoms with Gasteiger partial charge in [-0.2, -0.15) is 5.26 Å². The van der Waals surface area contributed by atoms with Crippen LogP contribution >= 0.6 is 0 Å². The zero-order chi connectivity index (χ0) is 20.3. The Morgan fingerprint density at radius 3 is 2.39 bits per heavy atom. The molecule has 2 aromatic carbocycles. The van der Waals surface area contributed by atoms with E-state index >= 15 is 0 Å². The molecule has 2 N–H and O–H groups in total. The molecule has 0 unspecified atom stereocenters. The van der Waals surface area contributed by atoms with Crippen molar-refractivity contribution in [2.75, 3.05) is 0 Å². The van der Waals surface area contributed by atoms with Gasteiger partial charge in [-0.25, -0.2) is 4.79 Å². The van der Waals surface area contributed by atoms with E-state index in [9.17, 15) is 23.2 Å². The van der Waals surface area contributed by atoms with Crippen molar-refractivity contribution in [2.24, 2.45) is 0 Å². The number of carbonyl (C=O) groups is 1. The highest BCUT2D eigenvalue weighted by Crippen LogP contribution is 2.32. The number of nitrogens with one attached hydrogen (secondary N) is 1. The fraction of sp³-hybridized carbons (Fsp3) is 0.111. The molecule has 0 aliphatic heterocycles. The molecule has 1 aromatic heterocycles. The molecule has 0 fully saturated rings. The Hall–Kier alpha value is -3.87. The number of halogens is 3. The number of ether oxygens (including phenoxy) is 1. The predicted octanol–water partition coefficient (Wildman–Crippen LogP) is 3.83. The van der Waals surface area contributed by atoms with Crippen molar-refractivity contribution in [1.29, 1.82) is 5.26 Å². The van der Waals surface area contributed by atoms with Crippen LogP contribution in [-0.4, -0.2) is 27.5 Å². The predicted molar refractivity (Wildman–Crippen MR) is 91.2 cm³/mol. The number of alkyl halides is 3. The Labute approximate surface area is 156 Å². The average molecular weight is 388 g/mol. The maximum absolute atomic E-state index is 12.3. The summed E-state index contributed by atoms with van der Waals surface area (Å²) < 4.78 is 40.9. The number of aromatic nitrogens is 2. The number of hydrogen-bond acceptors (Lipinski definition) is 5. The van der Waals surface area contributed by atoms with Crippen LogP contribution in [0.1, 0.15) is 11.1 Å². The minimum atomic E-state index is -4.80. The van der Waals surface area contributed by atoms with Crippen LogP contribution in [0.4, 0.5) is 18.0 Å². The molecule has 0 spiro atoms. The molecule has 3 aromatic rings. The molecular weight excluding hydrogens is 377 g/mol. The van der Waals surface area contributed by atoms with E-state index in [1.807, 2.05) is 6.07 Å². The monoisotopic (exact) mass is 388 g/mol. The van der Waals surface area contributed by atoms with Crippen molar-refractivity contribution < 1.29 is 27.8 Å². The molecule has 7 nitrogen and oxygen atoms in total. The molecule has 142 valence electrons. The van der Waals surface area contributed by atoms with Gasteiger partial charge in [-0.15, -0.1) is 13.2 Å². The van der Waals surface area contributed by atoms with E-state index in [1.54, 1.807) is 6.07 Å². The topological polar surface area (TPSA) is 108 Å². The van der Waals surface area contributed by atoms with Gasteiger partial charge in [0.25, 0.3) is 0 Å². The number of rotatable bonds is 4. The van der Waals surface area contributed by atoms with Gasteiger partial charge in [-0.1, -0.05) is 12.1 Å². The Morgan fingerprint density at radius 1 is 1.18 bits per heavy atom. The lowest BCUT2D eigenvalue weighted by Crippen LogP contribution is -2.20. The van der Waals surface area contributed by atoms with E-state index < -0.39 is 12.5 Å². The number of fused-ring (bicyclic) bond motifs is 1. The highest BCUT2D eigenvalue weighted by Gasteiger charge is 2.31. The molecule has 0 saturated heterocycles. The first-order valence-corrected chi connectivity index (χ1v) is 7.78. The van der Waals surface area contributed by atoms with Crippen molar-refractivity contribution in [2.45, 2.75) is 12.9 Å². The molecule has 1 amide bonds. The Kier molecular flexibility index (Phi) is 5.00. The first-order chi connectivity index (χ1) is 13.3. The lowest BCUT2D eigenvalue weighted by atomic mass is 9.96. The quantitative estimate of drug-likeness (QED) is 0.703. The highest BCUT2D eigenvalue weighted by molar-refractivity contribution is 5.95. The zero-order valence-corrected chi connectivity index (χ0v) is 14.0. The van der Waals surface area contributed by atoms with Crippen LogP contribution in [0.25, 0.3) is 22.2 Å². The fourth-order valence-electron chi connectivity index (χ4n) is 2.68. The Morgan fingerprint density at radius 2 is 1.82 bits per heavy atom. The Balaban J connectivity index is 2.12. The van der Waals surface area contributed by atoms with Gasteiger partial charge in [0.05, 0.1) is 11.1 Å². The molecule has 0 saturated carbocycles. The summed E-state index contributed by atoms with van der Waals surface area (Å²) in [5.41, 5.74) is 2.15. The standard InChI is InChI=1S/C18H11F3N4O3/c19-18(20,21)28-12-3-1-10(2-4-12)13-7-11(9-25-17(26)27)14(8-22)16-15(13)23-5-6-24-16/h1-7,25H,9H2,(H,26,27). The van der Waals surface area contributed by atoms with Crippen molar-refractivity contribution >= 4 is 17.1 Å². The summed E-state index contributed by atoms with van der Waals surface area (Å²) in [5, 5.41) is 20.5. The van der Waals surface area contributed by atoms with Crippen LogP contribution in [0.3, 0.4) is 0 Å². The third-order valence-electron chi connectivity index (χ3n) is 3.77. The van der Waals surface area contributed by atoms with Gasteiger partial charge in [0.2, 0.25) is 0 Å². The van der Waals surface area contributed by atoms with Crippen LogP contribution in [0.2, 0.25) is 0 Å². The van der Waals surface area contributed by atoms with E-state index in [2.05, 4.69) is 20.0 Å². The lowest BCUT2D eigenvalue weighted by molar-refractivity contribution is -0.274. The van der Waals surface area contributed by atoms with Gasteiger partial charge in [-0.05, 0) is 29.3 Å². The van der Waals surface area contributed by atoms with Gasteiger partial charge in [-0.3, -0.25) is 9.97 Å². The maximum atomic E-state index is 12.3. The fourth-order valence-corrected chi connectivity index (χ4v) is 2.68. The molecule has 0 bridgehead atoms. The first-order valence-electron chi connectivity index (χ1n) is 7.78. The first kappa shape index (κ1) is 18.9. The third kappa shape index (κ3) is 4.09. The van der Waals surface area contributed by atoms with E-state index in [1.165, 1.54) is 24.5 Å². The second kappa shape index (κ2) is 7.40. The largest absolute Gasteiger partial charge is 0.573 e. The molecule has 0 aliphatic carbocycles. The van der Waals surface area contributed by atoms with Crippen molar-refractivity contribution in [3.8, 4) is 22.9 Å². The average Bonchev–Trinajstić information content (AvgIpc) is 2.64. The van der Waals surface area contributed by atoms with Crippen molar-refractivity contribution in [3.63, 3.8) is 0 Å². The van der Waals surface area contributed by atoms with E-state index in [0.29, 0.717) is 22.2 Å². The zero-order valence-electron chi connectivity index (χ0n) is 14.0. The SMILES string of the molecule is N#Cc1c(CNC(=O)O)cc(-c2ccc(OC(F)(F)F)cc2)c2nccnc12. The molecule has 0 aliphatic rings. The van der Waals surface area contributed by atoms with E-state index in [-0.39, 0.29) is 23.4 Å². The number of nitrogens with zero attached hydrogens (tertiary/aromatic N) is 3. The summed E-state index contributed by atoms with van der Waals surface area (Å²) in [6.45, 7) is -0.146. The van der Waals surface area contributed by atoms with Crippen LogP contribution < -0.4 is 10.1 Å². The summed E-state index contributed by atoms with van der Waals surface area (Å²) in [7, 11) is 0. The summed E-state index contributed by atoms with van der Waals surface area (Å²) >= 11 is 0. The van der Waals surface area contributed by atoms with Gasteiger partial charge in [0.15, 0.2) is 0 Å². The molecule has 0 atom stereocenters. The summed E-state index contributed by atoms with van der Waals surface area (Å²) in [4.78, 5) is 19.2. The molecule has 1 heterocycles. The molecule has 0 radical (unpaired) electrons. The second-order valence-corrected chi connectivity index (χ2v) is 5.55. The van der Waals surface area contributed by atoms with Crippen molar-refractivity contribution in [1.82, 2.24) is 15.3 Å². The smallest absolute Gasteiger partial charge is 0.465 e. The molecular formula is C18H11F3N4O3. The van der Waals surface area contributed by atoms with Crippen molar-refractivity contribution in [3.05, 3.63) is 53.9 Å². The second-order valence-electron chi connectivity index (χ2n) is 5.55. The number of carboxylic acid groups (broad SMARTS) is 1. The molecule has 10 heteroatoms. The van der Waals surface area contributed by atoms with Gasteiger partial charge < -0.3 is 15.2 Å². The van der Waals surface area contributed by atoms with Crippen LogP contribution in [0.15, 0.2) is 42.7 Å². The Bertz CT molecular complexity index is 1080. The van der Waals surface area contributed by atoms with Gasteiger partial charge in [0.1, 0.15) is 17.3 Å². The number of amides is 1. The minimum absolute atomic E-state index is 0.146. The molecule has 28 heavy (non-hydrogen) atoms. The summed E-state index contributed by atoms with van der Waals surface area (Å²) in [6.07, 6.45) is -3.26.